The lowest BCUT2D eigenvalue weighted by Crippen LogP contribution is -2.36. The number of nitrogens with two attached hydrogens (primary N) is 1. The van der Waals surface area contributed by atoms with Crippen LogP contribution in [0.15, 0.2) is 6.20 Å². The third-order valence-electron chi connectivity index (χ3n) is 5.24. The highest BCUT2D eigenvalue weighted by Gasteiger charge is 2.29. The molecule has 24 heavy (non-hydrogen) atoms. The third kappa shape index (κ3) is 3.95. The van der Waals surface area contributed by atoms with Crippen molar-refractivity contribution in [1.29, 1.82) is 0 Å². The molecular formula is C17H27N5O2. The summed E-state index contributed by atoms with van der Waals surface area (Å²) in [6.07, 6.45) is 8.06. The average molecular weight is 333 g/mol. The van der Waals surface area contributed by atoms with Crippen LogP contribution in [0.25, 0.3) is 0 Å². The molecule has 3 rings (SSSR count). The fraction of sp³-hybridized carbons (Fsp3) is 0.706. The predicted octanol–water partition coefficient (Wildman–Crippen LogP) is 1.89. The van der Waals surface area contributed by atoms with Crippen LogP contribution in [-0.2, 0) is 0 Å². The third-order valence-corrected chi connectivity index (χ3v) is 5.24. The van der Waals surface area contributed by atoms with Gasteiger partial charge in [0.1, 0.15) is 5.82 Å². The lowest BCUT2D eigenvalue weighted by atomic mass is 9.78. The Morgan fingerprint density at radius 2 is 1.96 bits per heavy atom. The van der Waals surface area contributed by atoms with Crippen molar-refractivity contribution < 1.29 is 9.90 Å². The molecular weight excluding hydrogens is 306 g/mol. The molecule has 0 radical (unpaired) electrons. The minimum atomic E-state index is -0.517. The van der Waals surface area contributed by atoms with Crippen molar-refractivity contribution in [1.82, 2.24) is 9.97 Å². The zero-order valence-electron chi connectivity index (χ0n) is 14.2. The van der Waals surface area contributed by atoms with Crippen molar-refractivity contribution >= 4 is 17.7 Å². The van der Waals surface area contributed by atoms with E-state index >= 15 is 0 Å². The van der Waals surface area contributed by atoms with E-state index < -0.39 is 5.91 Å². The Balaban J connectivity index is 1.67. The summed E-state index contributed by atoms with van der Waals surface area (Å²) in [4.78, 5) is 20.3. The van der Waals surface area contributed by atoms with E-state index in [2.05, 4.69) is 27.5 Å². The van der Waals surface area contributed by atoms with Crippen LogP contribution in [0.1, 0.15) is 62.2 Å². The highest BCUT2D eigenvalue weighted by molar-refractivity contribution is 5.97. The average Bonchev–Trinajstić information content (AvgIpc) is 2.52. The van der Waals surface area contributed by atoms with Crippen molar-refractivity contribution in [3.05, 3.63) is 11.8 Å². The summed E-state index contributed by atoms with van der Waals surface area (Å²) in [6, 6.07) is 0.606. The Bertz CT molecular complexity index is 580. The van der Waals surface area contributed by atoms with E-state index in [1.54, 1.807) is 0 Å². The first kappa shape index (κ1) is 17.0. The largest absolute Gasteiger partial charge is 0.393 e. The number of carbonyl (C=O) groups excluding carboxylic acids is 1. The summed E-state index contributed by atoms with van der Waals surface area (Å²) in [5.74, 6) is 1.27. The molecule has 7 nitrogen and oxygen atoms in total. The van der Waals surface area contributed by atoms with Gasteiger partial charge in [0.2, 0.25) is 5.95 Å². The summed E-state index contributed by atoms with van der Waals surface area (Å²) in [7, 11) is 0. The number of carbonyl (C=O) groups is 1. The number of hydrogen-bond donors (Lipinski definition) is 4. The minimum absolute atomic E-state index is 0.191. The van der Waals surface area contributed by atoms with E-state index in [1.165, 1.54) is 12.6 Å². The number of anilines is 2. The van der Waals surface area contributed by atoms with Gasteiger partial charge in [0.25, 0.3) is 5.91 Å². The molecule has 1 heterocycles. The second-order valence-corrected chi connectivity index (χ2v) is 7.06. The van der Waals surface area contributed by atoms with E-state index in [0.717, 1.165) is 44.4 Å². The molecule has 0 spiro atoms. The number of aromatic nitrogens is 2. The summed E-state index contributed by atoms with van der Waals surface area (Å²) in [5.41, 5.74) is 5.78. The monoisotopic (exact) mass is 333 g/mol. The first-order valence-corrected chi connectivity index (χ1v) is 8.93. The molecule has 1 aromatic heterocycles. The molecule has 2 aliphatic carbocycles. The molecule has 1 amide bonds. The van der Waals surface area contributed by atoms with Crippen LogP contribution in [-0.4, -0.2) is 39.2 Å². The number of nitrogens with one attached hydrogen (secondary N) is 2. The van der Waals surface area contributed by atoms with E-state index in [-0.39, 0.29) is 12.1 Å². The van der Waals surface area contributed by atoms with E-state index in [4.69, 9.17) is 5.73 Å². The summed E-state index contributed by atoms with van der Waals surface area (Å²) >= 11 is 0. The van der Waals surface area contributed by atoms with Crippen LogP contribution in [0.5, 0.6) is 0 Å². The van der Waals surface area contributed by atoms with E-state index in [1.807, 2.05) is 0 Å². The van der Waals surface area contributed by atoms with Gasteiger partial charge in [-0.3, -0.25) is 4.79 Å². The first-order chi connectivity index (χ1) is 11.5. The molecule has 0 aliphatic heterocycles. The molecule has 5 N–H and O–H groups in total. The molecule has 0 atom stereocenters. The van der Waals surface area contributed by atoms with Crippen molar-refractivity contribution in [2.24, 2.45) is 11.7 Å². The fourth-order valence-corrected chi connectivity index (χ4v) is 3.52. The quantitative estimate of drug-likeness (QED) is 0.632. The topological polar surface area (TPSA) is 113 Å². The lowest BCUT2D eigenvalue weighted by molar-refractivity contribution is 0.1000. The second-order valence-electron chi connectivity index (χ2n) is 7.06. The van der Waals surface area contributed by atoms with Gasteiger partial charge in [0.15, 0.2) is 0 Å². The Morgan fingerprint density at radius 3 is 2.58 bits per heavy atom. The van der Waals surface area contributed by atoms with Gasteiger partial charge in [-0.1, -0.05) is 13.3 Å². The molecule has 2 aliphatic rings. The Kier molecular flexibility index (Phi) is 5.18. The standard InChI is InChI=1S/C17H27N5O2/c1-2-10-7-12(8-10)20-16-14(15(18)24)9-19-17(22-16)21-11-3-5-13(23)6-4-11/h9-13,23H,2-8H2,1H3,(H2,18,24)(H2,19,20,21,22)/t10?,11-,12?,13-. The van der Waals surface area contributed by atoms with Crippen LogP contribution >= 0.6 is 0 Å². The lowest BCUT2D eigenvalue weighted by Gasteiger charge is -2.36. The number of amides is 1. The summed E-state index contributed by atoms with van der Waals surface area (Å²) < 4.78 is 0. The smallest absolute Gasteiger partial charge is 0.254 e. The van der Waals surface area contributed by atoms with Gasteiger partial charge in [0, 0.05) is 18.3 Å². The maximum absolute atomic E-state index is 11.6. The van der Waals surface area contributed by atoms with Gasteiger partial charge in [-0.25, -0.2) is 4.98 Å². The SMILES string of the molecule is CCC1CC(Nc2nc(N[C@H]3CC[C@H](O)CC3)ncc2C(N)=O)C1. The number of rotatable bonds is 6. The highest BCUT2D eigenvalue weighted by Crippen LogP contribution is 2.33. The number of hydrogen-bond acceptors (Lipinski definition) is 6. The Morgan fingerprint density at radius 1 is 1.25 bits per heavy atom. The van der Waals surface area contributed by atoms with Crippen LogP contribution in [0.4, 0.5) is 11.8 Å². The predicted molar refractivity (Wildman–Crippen MR) is 92.9 cm³/mol. The zero-order valence-corrected chi connectivity index (χ0v) is 14.2. The highest BCUT2D eigenvalue weighted by atomic mass is 16.3. The zero-order chi connectivity index (χ0) is 17.1. The van der Waals surface area contributed by atoms with Crippen LogP contribution < -0.4 is 16.4 Å². The van der Waals surface area contributed by atoms with Crippen molar-refractivity contribution in [2.45, 2.75) is 70.1 Å². The molecule has 132 valence electrons. The molecule has 0 unspecified atom stereocenters. The van der Waals surface area contributed by atoms with Crippen LogP contribution in [0, 0.1) is 5.92 Å². The van der Waals surface area contributed by atoms with Crippen LogP contribution in [0.2, 0.25) is 0 Å². The van der Waals surface area contributed by atoms with Crippen molar-refractivity contribution in [2.75, 3.05) is 10.6 Å². The molecule has 0 bridgehead atoms. The van der Waals surface area contributed by atoms with Crippen molar-refractivity contribution in [3.63, 3.8) is 0 Å². The maximum Gasteiger partial charge on any atom is 0.254 e. The van der Waals surface area contributed by atoms with E-state index in [9.17, 15) is 9.90 Å². The van der Waals surface area contributed by atoms with Crippen molar-refractivity contribution in [3.8, 4) is 0 Å². The minimum Gasteiger partial charge on any atom is -0.393 e. The number of primary amides is 1. The summed E-state index contributed by atoms with van der Waals surface area (Å²) in [5, 5.41) is 16.2. The molecule has 0 aromatic carbocycles. The van der Waals surface area contributed by atoms with Gasteiger partial charge in [-0.05, 0) is 44.4 Å². The van der Waals surface area contributed by atoms with Gasteiger partial charge < -0.3 is 21.5 Å². The van der Waals surface area contributed by atoms with Gasteiger partial charge in [-0.2, -0.15) is 4.98 Å². The van der Waals surface area contributed by atoms with Gasteiger partial charge >= 0.3 is 0 Å². The Labute approximate surface area is 142 Å². The normalized spacial score (nSPS) is 29.6. The van der Waals surface area contributed by atoms with Crippen LogP contribution in [0.3, 0.4) is 0 Å². The fourth-order valence-electron chi connectivity index (χ4n) is 3.52. The first-order valence-electron chi connectivity index (χ1n) is 8.93. The molecule has 2 fully saturated rings. The molecule has 1 aromatic rings. The Hall–Kier alpha value is -1.89. The number of aliphatic hydroxyl groups is 1. The second kappa shape index (κ2) is 7.34. The van der Waals surface area contributed by atoms with Gasteiger partial charge in [-0.15, -0.1) is 0 Å². The maximum atomic E-state index is 11.6. The van der Waals surface area contributed by atoms with Gasteiger partial charge in [0.05, 0.1) is 11.7 Å². The molecule has 7 heteroatoms. The molecule has 2 saturated carbocycles. The molecule has 0 saturated heterocycles. The van der Waals surface area contributed by atoms with E-state index in [0.29, 0.717) is 23.4 Å². The summed E-state index contributed by atoms with van der Waals surface area (Å²) in [6.45, 7) is 2.20. The number of aliphatic hydroxyl groups excluding tert-OH is 1. The number of nitrogens with zero attached hydrogens (tertiary/aromatic N) is 2.